The Bertz CT molecular complexity index is 953. The summed E-state index contributed by atoms with van der Waals surface area (Å²) in [6, 6.07) is 11.9. The van der Waals surface area contributed by atoms with Crippen LogP contribution >= 0.6 is 0 Å². The predicted octanol–water partition coefficient (Wildman–Crippen LogP) is 2.20. The van der Waals surface area contributed by atoms with Crippen LogP contribution in [-0.2, 0) is 11.3 Å². The van der Waals surface area contributed by atoms with Crippen LogP contribution in [0, 0.1) is 6.92 Å². The number of hydrogen-bond acceptors (Lipinski definition) is 5. The average molecular weight is 336 g/mol. The van der Waals surface area contributed by atoms with Gasteiger partial charge in [0.1, 0.15) is 11.9 Å². The topological polar surface area (TPSA) is 71.1 Å². The molecule has 2 aromatic heterocycles. The second-order valence-corrected chi connectivity index (χ2v) is 6.40. The van der Waals surface area contributed by atoms with Crippen LogP contribution in [-0.4, -0.2) is 39.5 Å². The van der Waals surface area contributed by atoms with Crippen LogP contribution in [0.1, 0.15) is 23.2 Å². The molecule has 1 fully saturated rings. The maximum absolute atomic E-state index is 11.7. The van der Waals surface area contributed by atoms with Crippen LogP contribution in [0.15, 0.2) is 47.4 Å². The minimum absolute atomic E-state index is 0.134. The van der Waals surface area contributed by atoms with Crippen LogP contribution < -0.4 is 5.56 Å². The van der Waals surface area contributed by atoms with E-state index in [4.69, 9.17) is 4.74 Å². The summed E-state index contributed by atoms with van der Waals surface area (Å²) in [6.07, 6.45) is 1.60. The normalized spacial score (nSPS) is 18.5. The number of nitrogens with zero attached hydrogens (tertiary/aromatic N) is 3. The fraction of sp³-hybridized carbons (Fsp3) is 0.316. The van der Waals surface area contributed by atoms with Gasteiger partial charge in [0.2, 0.25) is 0 Å². The molecule has 6 heteroatoms. The first kappa shape index (κ1) is 15.9. The van der Waals surface area contributed by atoms with Gasteiger partial charge in [-0.15, -0.1) is 0 Å². The highest BCUT2D eigenvalue weighted by Gasteiger charge is 2.24. The SMILES string of the molecule is Cc1cc(=O)[nH]c(C2CN(Cc3ccc4ncccc4c3)CCO2)n1. The van der Waals surface area contributed by atoms with Crippen molar-refractivity contribution in [2.24, 2.45) is 0 Å². The molecule has 25 heavy (non-hydrogen) atoms. The molecule has 1 atom stereocenters. The summed E-state index contributed by atoms with van der Waals surface area (Å²) < 4.78 is 5.83. The van der Waals surface area contributed by atoms with E-state index >= 15 is 0 Å². The number of pyridine rings is 1. The molecule has 6 nitrogen and oxygen atoms in total. The maximum atomic E-state index is 11.7. The van der Waals surface area contributed by atoms with Gasteiger partial charge in [0.15, 0.2) is 0 Å². The summed E-state index contributed by atoms with van der Waals surface area (Å²) in [5, 5.41) is 1.15. The predicted molar refractivity (Wildman–Crippen MR) is 95.3 cm³/mol. The summed E-state index contributed by atoms with van der Waals surface area (Å²) in [4.78, 5) is 25.6. The lowest BCUT2D eigenvalue weighted by atomic mass is 10.1. The van der Waals surface area contributed by atoms with Crippen molar-refractivity contribution in [2.45, 2.75) is 19.6 Å². The lowest BCUT2D eigenvalue weighted by molar-refractivity contribution is -0.0373. The summed E-state index contributed by atoms with van der Waals surface area (Å²) in [5.74, 6) is 0.609. The second kappa shape index (κ2) is 6.74. The van der Waals surface area contributed by atoms with Gasteiger partial charge in [0, 0.05) is 43.0 Å². The molecule has 3 heterocycles. The minimum Gasteiger partial charge on any atom is -0.368 e. The van der Waals surface area contributed by atoms with Crippen molar-refractivity contribution in [3.63, 3.8) is 0 Å². The van der Waals surface area contributed by atoms with E-state index in [1.54, 1.807) is 0 Å². The quantitative estimate of drug-likeness (QED) is 0.794. The molecule has 0 radical (unpaired) electrons. The van der Waals surface area contributed by atoms with Crippen LogP contribution in [0.2, 0.25) is 0 Å². The summed E-state index contributed by atoms with van der Waals surface area (Å²) in [6.45, 7) is 4.84. The Morgan fingerprint density at radius 2 is 2.24 bits per heavy atom. The van der Waals surface area contributed by atoms with Crippen molar-refractivity contribution >= 4 is 10.9 Å². The molecule has 0 bridgehead atoms. The number of rotatable bonds is 3. The first-order valence-electron chi connectivity index (χ1n) is 8.43. The number of ether oxygens (including phenoxy) is 1. The Morgan fingerprint density at radius 1 is 1.32 bits per heavy atom. The van der Waals surface area contributed by atoms with Gasteiger partial charge in [-0.2, -0.15) is 0 Å². The van der Waals surface area contributed by atoms with E-state index in [-0.39, 0.29) is 11.7 Å². The zero-order valence-corrected chi connectivity index (χ0v) is 14.1. The third-order valence-corrected chi connectivity index (χ3v) is 4.42. The fourth-order valence-electron chi connectivity index (χ4n) is 3.25. The van der Waals surface area contributed by atoms with Gasteiger partial charge in [-0.05, 0) is 30.7 Å². The number of benzene rings is 1. The third kappa shape index (κ3) is 3.60. The summed E-state index contributed by atoms with van der Waals surface area (Å²) >= 11 is 0. The van der Waals surface area contributed by atoms with Gasteiger partial charge in [0.05, 0.1) is 12.1 Å². The van der Waals surface area contributed by atoms with Gasteiger partial charge >= 0.3 is 0 Å². The number of morpholine rings is 1. The van der Waals surface area contributed by atoms with Gasteiger partial charge < -0.3 is 9.72 Å². The zero-order chi connectivity index (χ0) is 17.2. The second-order valence-electron chi connectivity index (χ2n) is 6.40. The van der Waals surface area contributed by atoms with Crippen LogP contribution in [0.25, 0.3) is 10.9 Å². The molecule has 0 saturated carbocycles. The molecule has 1 N–H and O–H groups in total. The standard InChI is InChI=1S/C19H20N4O2/c1-13-9-18(24)22-19(21-13)17-12-23(7-8-25-17)11-14-4-5-16-15(10-14)3-2-6-20-16/h2-6,9-10,17H,7-8,11-12H2,1H3,(H,21,22,24). The van der Waals surface area contributed by atoms with Crippen molar-refractivity contribution < 1.29 is 4.74 Å². The fourth-order valence-corrected chi connectivity index (χ4v) is 3.25. The Kier molecular flexibility index (Phi) is 4.29. The van der Waals surface area contributed by atoms with Crippen LogP contribution in [0.3, 0.4) is 0 Å². The third-order valence-electron chi connectivity index (χ3n) is 4.42. The molecule has 3 aromatic rings. The maximum Gasteiger partial charge on any atom is 0.251 e. The number of nitrogens with one attached hydrogen (secondary N) is 1. The monoisotopic (exact) mass is 336 g/mol. The highest BCUT2D eigenvalue weighted by molar-refractivity contribution is 5.78. The molecule has 0 amide bonds. The lowest BCUT2D eigenvalue weighted by Crippen LogP contribution is -2.39. The van der Waals surface area contributed by atoms with Crippen molar-refractivity contribution in [1.29, 1.82) is 0 Å². The molecular formula is C19H20N4O2. The molecule has 1 saturated heterocycles. The zero-order valence-electron chi connectivity index (χ0n) is 14.1. The highest BCUT2D eigenvalue weighted by Crippen LogP contribution is 2.21. The van der Waals surface area contributed by atoms with E-state index in [1.807, 2.05) is 19.2 Å². The highest BCUT2D eigenvalue weighted by atomic mass is 16.5. The lowest BCUT2D eigenvalue weighted by Gasteiger charge is -2.32. The Labute approximate surface area is 145 Å². The summed E-state index contributed by atoms with van der Waals surface area (Å²) in [5.41, 5.74) is 2.83. The van der Waals surface area contributed by atoms with E-state index in [1.165, 1.54) is 11.6 Å². The van der Waals surface area contributed by atoms with Crippen LogP contribution in [0.5, 0.6) is 0 Å². The average Bonchev–Trinajstić information content (AvgIpc) is 2.61. The van der Waals surface area contributed by atoms with E-state index in [0.717, 1.165) is 24.0 Å². The Balaban J connectivity index is 1.51. The van der Waals surface area contributed by atoms with E-state index in [9.17, 15) is 4.79 Å². The summed E-state index contributed by atoms with van der Waals surface area (Å²) in [7, 11) is 0. The van der Waals surface area contributed by atoms with Crippen molar-refractivity contribution in [2.75, 3.05) is 19.7 Å². The first-order chi connectivity index (χ1) is 12.2. The number of aromatic nitrogens is 3. The van der Waals surface area contributed by atoms with Gasteiger partial charge in [-0.25, -0.2) is 4.98 Å². The van der Waals surface area contributed by atoms with E-state index < -0.39 is 0 Å². The number of H-pyrrole nitrogens is 1. The molecule has 1 aliphatic heterocycles. The molecule has 0 spiro atoms. The largest absolute Gasteiger partial charge is 0.368 e. The van der Waals surface area contributed by atoms with Crippen molar-refractivity contribution in [3.8, 4) is 0 Å². The molecule has 128 valence electrons. The molecule has 1 aromatic carbocycles. The molecular weight excluding hydrogens is 316 g/mol. The van der Waals surface area contributed by atoms with Gasteiger partial charge in [0.25, 0.3) is 5.56 Å². The number of aromatic amines is 1. The number of aryl methyl sites for hydroxylation is 1. The Morgan fingerprint density at radius 3 is 3.12 bits per heavy atom. The van der Waals surface area contributed by atoms with Crippen molar-refractivity contribution in [3.05, 3.63) is 70.0 Å². The van der Waals surface area contributed by atoms with Gasteiger partial charge in [-0.3, -0.25) is 14.7 Å². The van der Waals surface area contributed by atoms with Crippen molar-refractivity contribution in [1.82, 2.24) is 19.9 Å². The molecule has 4 rings (SSSR count). The molecule has 0 aliphatic carbocycles. The Hall–Kier alpha value is -2.57. The first-order valence-corrected chi connectivity index (χ1v) is 8.43. The molecule has 1 unspecified atom stereocenters. The van der Waals surface area contributed by atoms with E-state index in [2.05, 4.69) is 44.1 Å². The van der Waals surface area contributed by atoms with E-state index in [0.29, 0.717) is 24.7 Å². The number of hydrogen-bond donors (Lipinski definition) is 1. The smallest absolute Gasteiger partial charge is 0.251 e. The molecule has 1 aliphatic rings. The number of fused-ring (bicyclic) bond motifs is 1. The van der Waals surface area contributed by atoms with Crippen LogP contribution in [0.4, 0.5) is 0 Å². The van der Waals surface area contributed by atoms with Gasteiger partial charge in [-0.1, -0.05) is 12.1 Å². The minimum atomic E-state index is -0.205.